The Labute approximate surface area is 103 Å². The summed E-state index contributed by atoms with van der Waals surface area (Å²) in [5.41, 5.74) is 3.95. The maximum Gasteiger partial charge on any atom is 0.303 e. The van der Waals surface area contributed by atoms with Gasteiger partial charge in [-0.1, -0.05) is 32.0 Å². The molecule has 0 amide bonds. The fraction of sp³-hybridized carbons (Fsp3) is 0.533. The van der Waals surface area contributed by atoms with Gasteiger partial charge in [-0.2, -0.15) is 0 Å². The minimum Gasteiger partial charge on any atom is -0.481 e. The number of carboxylic acids is 1. The SMILES string of the molecule is CCc1ccc2c(c1)C(CC(=O)O)CC(C)C2. The second kappa shape index (κ2) is 4.91. The van der Waals surface area contributed by atoms with Crippen molar-refractivity contribution in [2.45, 2.75) is 45.4 Å². The fourth-order valence-corrected chi connectivity index (χ4v) is 2.91. The third-order valence-electron chi connectivity index (χ3n) is 3.73. The first-order chi connectivity index (χ1) is 8.10. The molecule has 2 unspecified atom stereocenters. The van der Waals surface area contributed by atoms with Gasteiger partial charge < -0.3 is 5.11 Å². The molecule has 2 nitrogen and oxygen atoms in total. The van der Waals surface area contributed by atoms with Gasteiger partial charge in [0.1, 0.15) is 0 Å². The summed E-state index contributed by atoms with van der Waals surface area (Å²) in [6, 6.07) is 6.59. The molecule has 1 aromatic carbocycles. The van der Waals surface area contributed by atoms with Crippen LogP contribution in [0.15, 0.2) is 18.2 Å². The first kappa shape index (κ1) is 12.2. The van der Waals surface area contributed by atoms with E-state index in [1.54, 1.807) is 0 Å². The monoisotopic (exact) mass is 232 g/mol. The van der Waals surface area contributed by atoms with Crippen LogP contribution in [-0.2, 0) is 17.6 Å². The van der Waals surface area contributed by atoms with E-state index in [1.807, 2.05) is 0 Å². The summed E-state index contributed by atoms with van der Waals surface area (Å²) in [6.45, 7) is 4.35. The summed E-state index contributed by atoms with van der Waals surface area (Å²) in [5, 5.41) is 9.00. The largest absolute Gasteiger partial charge is 0.481 e. The molecule has 0 heterocycles. The minimum atomic E-state index is -0.683. The van der Waals surface area contributed by atoms with Crippen LogP contribution in [0.2, 0.25) is 0 Å². The summed E-state index contributed by atoms with van der Waals surface area (Å²) >= 11 is 0. The van der Waals surface area contributed by atoms with Gasteiger partial charge in [-0.05, 0) is 47.8 Å². The molecule has 0 spiro atoms. The Hall–Kier alpha value is -1.31. The molecule has 0 fully saturated rings. The smallest absolute Gasteiger partial charge is 0.303 e. The first-order valence-electron chi connectivity index (χ1n) is 6.43. The molecule has 0 aromatic heterocycles. The molecular weight excluding hydrogens is 212 g/mol. The van der Waals surface area contributed by atoms with E-state index in [0.717, 1.165) is 19.3 Å². The van der Waals surface area contributed by atoms with E-state index in [1.165, 1.54) is 16.7 Å². The maximum atomic E-state index is 10.9. The van der Waals surface area contributed by atoms with Crippen LogP contribution < -0.4 is 0 Å². The summed E-state index contributed by atoms with van der Waals surface area (Å²) in [6.07, 6.45) is 3.38. The highest BCUT2D eigenvalue weighted by molar-refractivity contribution is 5.68. The number of aliphatic carboxylic acids is 1. The number of hydrogen-bond donors (Lipinski definition) is 1. The number of carbonyl (C=O) groups is 1. The lowest BCUT2D eigenvalue weighted by Crippen LogP contribution is -2.19. The van der Waals surface area contributed by atoms with Gasteiger partial charge in [0.2, 0.25) is 0 Å². The minimum absolute atomic E-state index is 0.206. The highest BCUT2D eigenvalue weighted by atomic mass is 16.4. The van der Waals surface area contributed by atoms with Crippen molar-refractivity contribution in [2.24, 2.45) is 5.92 Å². The number of rotatable bonds is 3. The average molecular weight is 232 g/mol. The molecule has 0 aliphatic heterocycles. The molecule has 0 radical (unpaired) electrons. The number of benzene rings is 1. The Morgan fingerprint density at radius 1 is 1.47 bits per heavy atom. The van der Waals surface area contributed by atoms with Crippen molar-refractivity contribution in [3.05, 3.63) is 34.9 Å². The molecule has 17 heavy (non-hydrogen) atoms. The Morgan fingerprint density at radius 3 is 2.88 bits per heavy atom. The quantitative estimate of drug-likeness (QED) is 0.867. The zero-order valence-corrected chi connectivity index (χ0v) is 10.6. The van der Waals surface area contributed by atoms with E-state index in [0.29, 0.717) is 5.92 Å². The number of hydrogen-bond acceptors (Lipinski definition) is 1. The van der Waals surface area contributed by atoms with Gasteiger partial charge in [-0.3, -0.25) is 4.79 Å². The van der Waals surface area contributed by atoms with Gasteiger partial charge in [-0.15, -0.1) is 0 Å². The topological polar surface area (TPSA) is 37.3 Å². The fourth-order valence-electron chi connectivity index (χ4n) is 2.91. The second-order valence-electron chi connectivity index (χ2n) is 5.23. The van der Waals surface area contributed by atoms with E-state index in [9.17, 15) is 4.79 Å². The predicted octanol–water partition coefficient (Wildman–Crippen LogP) is 3.39. The van der Waals surface area contributed by atoms with Crippen LogP contribution in [0.1, 0.15) is 49.3 Å². The first-order valence-corrected chi connectivity index (χ1v) is 6.43. The molecule has 1 N–H and O–H groups in total. The van der Waals surface area contributed by atoms with Crippen molar-refractivity contribution in [1.29, 1.82) is 0 Å². The molecule has 2 rings (SSSR count). The molecule has 0 bridgehead atoms. The molecule has 1 aliphatic rings. The van der Waals surface area contributed by atoms with Gasteiger partial charge >= 0.3 is 5.97 Å². The molecule has 92 valence electrons. The maximum absolute atomic E-state index is 10.9. The van der Waals surface area contributed by atoms with Crippen LogP contribution in [0.5, 0.6) is 0 Å². The second-order valence-corrected chi connectivity index (χ2v) is 5.23. The predicted molar refractivity (Wildman–Crippen MR) is 68.3 cm³/mol. The van der Waals surface area contributed by atoms with Gasteiger partial charge in [0.15, 0.2) is 0 Å². The van der Waals surface area contributed by atoms with E-state index >= 15 is 0 Å². The van der Waals surface area contributed by atoms with Crippen molar-refractivity contribution >= 4 is 5.97 Å². The van der Waals surface area contributed by atoms with E-state index in [4.69, 9.17) is 5.11 Å². The normalized spacial score (nSPS) is 23.2. The zero-order chi connectivity index (χ0) is 12.4. The molecule has 2 heteroatoms. The Bertz CT molecular complexity index is 423. The van der Waals surface area contributed by atoms with Crippen LogP contribution >= 0.6 is 0 Å². The van der Waals surface area contributed by atoms with E-state index in [2.05, 4.69) is 32.0 Å². The van der Waals surface area contributed by atoms with Gasteiger partial charge in [-0.25, -0.2) is 0 Å². The Kier molecular flexibility index (Phi) is 3.51. The van der Waals surface area contributed by atoms with Gasteiger partial charge in [0.05, 0.1) is 6.42 Å². The van der Waals surface area contributed by atoms with Crippen LogP contribution in [0, 0.1) is 5.92 Å². The zero-order valence-electron chi connectivity index (χ0n) is 10.6. The van der Waals surface area contributed by atoms with Crippen LogP contribution in [0.4, 0.5) is 0 Å². The van der Waals surface area contributed by atoms with Crippen molar-refractivity contribution in [3.63, 3.8) is 0 Å². The molecular formula is C15H20O2. The molecule has 1 aromatic rings. The highest BCUT2D eigenvalue weighted by Crippen LogP contribution is 2.37. The third-order valence-corrected chi connectivity index (χ3v) is 3.73. The standard InChI is InChI=1S/C15H20O2/c1-3-11-4-5-12-6-10(2)7-13(9-15(16)17)14(12)8-11/h4-5,8,10,13H,3,6-7,9H2,1-2H3,(H,16,17). The van der Waals surface area contributed by atoms with Crippen molar-refractivity contribution in [2.75, 3.05) is 0 Å². The van der Waals surface area contributed by atoms with E-state index in [-0.39, 0.29) is 12.3 Å². The molecule has 0 saturated carbocycles. The molecule has 0 saturated heterocycles. The molecule has 2 atom stereocenters. The number of carboxylic acid groups (broad SMARTS) is 1. The lowest BCUT2D eigenvalue weighted by atomic mass is 9.75. The van der Waals surface area contributed by atoms with Gasteiger partial charge in [0.25, 0.3) is 0 Å². The van der Waals surface area contributed by atoms with Crippen molar-refractivity contribution in [3.8, 4) is 0 Å². The summed E-state index contributed by atoms with van der Waals surface area (Å²) in [4.78, 5) is 10.9. The van der Waals surface area contributed by atoms with Crippen LogP contribution in [0.3, 0.4) is 0 Å². The van der Waals surface area contributed by atoms with Crippen molar-refractivity contribution < 1.29 is 9.90 Å². The number of fused-ring (bicyclic) bond motifs is 1. The number of aryl methyl sites for hydroxylation is 1. The molecule has 1 aliphatic carbocycles. The Balaban J connectivity index is 2.35. The third kappa shape index (κ3) is 2.68. The van der Waals surface area contributed by atoms with Crippen LogP contribution in [-0.4, -0.2) is 11.1 Å². The van der Waals surface area contributed by atoms with Crippen LogP contribution in [0.25, 0.3) is 0 Å². The van der Waals surface area contributed by atoms with Gasteiger partial charge in [0, 0.05) is 0 Å². The Morgan fingerprint density at radius 2 is 2.24 bits per heavy atom. The lowest BCUT2D eigenvalue weighted by Gasteiger charge is -2.29. The lowest BCUT2D eigenvalue weighted by molar-refractivity contribution is -0.137. The summed E-state index contributed by atoms with van der Waals surface area (Å²) < 4.78 is 0. The van der Waals surface area contributed by atoms with Crippen molar-refractivity contribution in [1.82, 2.24) is 0 Å². The van der Waals surface area contributed by atoms with E-state index < -0.39 is 5.97 Å². The summed E-state index contributed by atoms with van der Waals surface area (Å²) in [7, 11) is 0. The highest BCUT2D eigenvalue weighted by Gasteiger charge is 2.26. The summed E-state index contributed by atoms with van der Waals surface area (Å²) in [5.74, 6) is 0.119. The average Bonchev–Trinajstić information content (AvgIpc) is 2.27.